The number of carbonyl (C=O) groups is 1. The Morgan fingerprint density at radius 3 is 3.11 bits per heavy atom. The maximum atomic E-state index is 11.8. The van der Waals surface area contributed by atoms with Crippen molar-refractivity contribution in [1.82, 2.24) is 10.3 Å². The average molecular weight is 252 g/mol. The fourth-order valence-electron chi connectivity index (χ4n) is 2.64. The van der Waals surface area contributed by atoms with E-state index in [0.717, 1.165) is 25.7 Å². The molecule has 18 heavy (non-hydrogen) atoms. The Bertz CT molecular complexity index is 430. The van der Waals surface area contributed by atoms with Crippen molar-refractivity contribution in [1.29, 1.82) is 0 Å². The molecule has 1 aromatic heterocycles. The van der Waals surface area contributed by atoms with Crippen molar-refractivity contribution in [3.63, 3.8) is 0 Å². The van der Waals surface area contributed by atoms with Crippen LogP contribution in [-0.2, 0) is 0 Å². The van der Waals surface area contributed by atoms with E-state index in [1.807, 2.05) is 0 Å². The highest BCUT2D eigenvalue weighted by atomic mass is 16.3. The first-order valence-electron chi connectivity index (χ1n) is 6.41. The Hall–Kier alpha value is -1.36. The monoisotopic (exact) mass is 252 g/mol. The van der Waals surface area contributed by atoms with Crippen LogP contribution in [0.3, 0.4) is 0 Å². The number of rotatable bonds is 3. The van der Waals surface area contributed by atoms with Crippen molar-refractivity contribution >= 4 is 5.91 Å². The van der Waals surface area contributed by atoms with Gasteiger partial charge in [0.05, 0.1) is 11.3 Å². The average Bonchev–Trinajstić information content (AvgIpc) is 2.72. The van der Waals surface area contributed by atoms with Crippen molar-refractivity contribution in [3.8, 4) is 0 Å². The van der Waals surface area contributed by atoms with E-state index < -0.39 is 5.60 Å². The minimum atomic E-state index is -0.777. The third kappa shape index (κ3) is 2.90. The van der Waals surface area contributed by atoms with Crippen LogP contribution in [0.15, 0.2) is 10.8 Å². The minimum absolute atomic E-state index is 0.224. The molecule has 2 unspecified atom stereocenters. The summed E-state index contributed by atoms with van der Waals surface area (Å²) in [4.78, 5) is 15.7. The molecule has 1 heterocycles. The molecule has 2 atom stereocenters. The molecular weight excluding hydrogens is 232 g/mol. The van der Waals surface area contributed by atoms with Gasteiger partial charge in [0.15, 0.2) is 6.39 Å². The van der Waals surface area contributed by atoms with Gasteiger partial charge in [-0.15, -0.1) is 0 Å². The van der Waals surface area contributed by atoms with Crippen molar-refractivity contribution < 1.29 is 14.3 Å². The Morgan fingerprint density at radius 2 is 2.50 bits per heavy atom. The van der Waals surface area contributed by atoms with Crippen LogP contribution in [0, 0.1) is 12.8 Å². The molecule has 1 fully saturated rings. The molecule has 2 N–H and O–H groups in total. The molecule has 5 nitrogen and oxygen atoms in total. The number of aliphatic hydroxyl groups is 1. The summed E-state index contributed by atoms with van der Waals surface area (Å²) in [6, 6.07) is 0. The molecule has 0 radical (unpaired) electrons. The second-order valence-corrected chi connectivity index (χ2v) is 5.38. The molecule has 1 aliphatic carbocycles. The molecule has 5 heteroatoms. The van der Waals surface area contributed by atoms with E-state index in [0.29, 0.717) is 11.6 Å². The lowest BCUT2D eigenvalue weighted by Crippen LogP contribution is -2.45. The Kier molecular flexibility index (Phi) is 3.71. The number of nitrogens with one attached hydrogen (secondary N) is 1. The number of aryl methyl sites for hydroxylation is 1. The molecule has 0 bridgehead atoms. The van der Waals surface area contributed by atoms with E-state index in [-0.39, 0.29) is 18.2 Å². The highest BCUT2D eigenvalue weighted by Crippen LogP contribution is 2.31. The molecule has 1 aromatic rings. The van der Waals surface area contributed by atoms with Gasteiger partial charge in [-0.1, -0.05) is 19.8 Å². The summed E-state index contributed by atoms with van der Waals surface area (Å²) >= 11 is 0. The van der Waals surface area contributed by atoms with Gasteiger partial charge in [0.2, 0.25) is 5.76 Å². The first kappa shape index (κ1) is 13.1. The maximum absolute atomic E-state index is 11.8. The third-order valence-electron chi connectivity index (χ3n) is 3.60. The summed E-state index contributed by atoms with van der Waals surface area (Å²) in [6.45, 7) is 4.12. The Morgan fingerprint density at radius 1 is 1.72 bits per heavy atom. The first-order valence-corrected chi connectivity index (χ1v) is 6.41. The number of nitrogens with zero attached hydrogens (tertiary/aromatic N) is 1. The summed E-state index contributed by atoms with van der Waals surface area (Å²) in [6.07, 6.45) is 4.89. The van der Waals surface area contributed by atoms with Crippen LogP contribution >= 0.6 is 0 Å². The number of aromatic nitrogens is 1. The molecule has 1 amide bonds. The van der Waals surface area contributed by atoms with Crippen molar-refractivity contribution in [3.05, 3.63) is 17.8 Å². The fourth-order valence-corrected chi connectivity index (χ4v) is 2.64. The topological polar surface area (TPSA) is 75.4 Å². The van der Waals surface area contributed by atoms with E-state index >= 15 is 0 Å². The Labute approximate surface area is 107 Å². The van der Waals surface area contributed by atoms with Crippen molar-refractivity contribution in [2.45, 2.75) is 45.1 Å². The molecule has 0 saturated heterocycles. The van der Waals surface area contributed by atoms with Gasteiger partial charge in [-0.3, -0.25) is 4.79 Å². The van der Waals surface area contributed by atoms with Crippen LogP contribution in [0.2, 0.25) is 0 Å². The van der Waals surface area contributed by atoms with Crippen molar-refractivity contribution in [2.75, 3.05) is 6.54 Å². The van der Waals surface area contributed by atoms with Crippen LogP contribution in [0.5, 0.6) is 0 Å². The van der Waals surface area contributed by atoms with Gasteiger partial charge in [-0.25, -0.2) is 4.98 Å². The molecule has 1 saturated carbocycles. The van der Waals surface area contributed by atoms with E-state index in [2.05, 4.69) is 17.2 Å². The van der Waals surface area contributed by atoms with Gasteiger partial charge in [0.1, 0.15) is 0 Å². The van der Waals surface area contributed by atoms with E-state index in [1.54, 1.807) is 6.92 Å². The van der Waals surface area contributed by atoms with Crippen LogP contribution in [0.1, 0.15) is 48.9 Å². The highest BCUT2D eigenvalue weighted by Gasteiger charge is 2.33. The standard InChI is InChI=1S/C13H20N2O3/c1-9-4-3-5-13(17,6-9)7-14-12(16)11-10(2)15-8-18-11/h8-9,17H,3-7H2,1-2H3,(H,14,16). The Balaban J connectivity index is 1.91. The number of oxazole rings is 1. The quantitative estimate of drug-likeness (QED) is 0.857. The molecular formula is C13H20N2O3. The van der Waals surface area contributed by atoms with Gasteiger partial charge in [-0.05, 0) is 25.7 Å². The molecule has 2 rings (SSSR count). The zero-order valence-electron chi connectivity index (χ0n) is 10.9. The predicted molar refractivity (Wildman–Crippen MR) is 66.2 cm³/mol. The normalized spacial score (nSPS) is 28.1. The van der Waals surface area contributed by atoms with Crippen LogP contribution in [-0.4, -0.2) is 28.1 Å². The largest absolute Gasteiger partial charge is 0.438 e. The molecule has 100 valence electrons. The van der Waals surface area contributed by atoms with Gasteiger partial charge in [-0.2, -0.15) is 0 Å². The van der Waals surface area contributed by atoms with Crippen LogP contribution < -0.4 is 5.32 Å². The molecule has 1 aliphatic rings. The molecule has 0 spiro atoms. The van der Waals surface area contributed by atoms with Gasteiger partial charge in [0, 0.05) is 6.54 Å². The van der Waals surface area contributed by atoms with E-state index in [1.165, 1.54) is 6.39 Å². The van der Waals surface area contributed by atoms with Crippen molar-refractivity contribution in [2.24, 2.45) is 5.92 Å². The minimum Gasteiger partial charge on any atom is -0.438 e. The summed E-state index contributed by atoms with van der Waals surface area (Å²) in [5.74, 6) is 0.423. The van der Waals surface area contributed by atoms with Gasteiger partial charge in [0.25, 0.3) is 5.91 Å². The number of amides is 1. The maximum Gasteiger partial charge on any atom is 0.289 e. The first-order chi connectivity index (χ1) is 8.50. The lowest BCUT2D eigenvalue weighted by molar-refractivity contribution is -0.0111. The lowest BCUT2D eigenvalue weighted by Gasteiger charge is -2.35. The summed E-state index contributed by atoms with van der Waals surface area (Å²) < 4.78 is 5.02. The zero-order chi connectivity index (χ0) is 13.2. The van der Waals surface area contributed by atoms with Crippen LogP contribution in [0.4, 0.5) is 0 Å². The lowest BCUT2D eigenvalue weighted by atomic mass is 9.79. The van der Waals surface area contributed by atoms with Gasteiger partial charge >= 0.3 is 0 Å². The molecule has 0 aliphatic heterocycles. The number of hydrogen-bond donors (Lipinski definition) is 2. The van der Waals surface area contributed by atoms with Gasteiger partial charge < -0.3 is 14.8 Å². The highest BCUT2D eigenvalue weighted by molar-refractivity contribution is 5.92. The van der Waals surface area contributed by atoms with E-state index in [9.17, 15) is 9.90 Å². The van der Waals surface area contributed by atoms with Crippen LogP contribution in [0.25, 0.3) is 0 Å². The summed E-state index contributed by atoms with van der Waals surface area (Å²) in [7, 11) is 0. The molecule has 0 aromatic carbocycles. The fraction of sp³-hybridized carbons (Fsp3) is 0.692. The zero-order valence-corrected chi connectivity index (χ0v) is 10.9. The second-order valence-electron chi connectivity index (χ2n) is 5.38. The second kappa shape index (κ2) is 5.10. The summed E-state index contributed by atoms with van der Waals surface area (Å²) in [5.41, 5.74) is -0.210. The predicted octanol–water partition coefficient (Wildman–Crippen LogP) is 1.65. The summed E-state index contributed by atoms with van der Waals surface area (Å²) in [5, 5.41) is 13.1. The smallest absolute Gasteiger partial charge is 0.289 e. The van der Waals surface area contributed by atoms with E-state index in [4.69, 9.17) is 4.42 Å². The number of carbonyl (C=O) groups excluding carboxylic acids is 1. The number of hydrogen-bond acceptors (Lipinski definition) is 4. The third-order valence-corrected chi connectivity index (χ3v) is 3.60. The SMILES string of the molecule is Cc1ncoc1C(=O)NCC1(O)CCCC(C)C1.